The highest BCUT2D eigenvalue weighted by Gasteiger charge is 2.00. The van der Waals surface area contributed by atoms with Gasteiger partial charge in [0.2, 0.25) is 0 Å². The van der Waals surface area contributed by atoms with Gasteiger partial charge >= 0.3 is 0 Å². The summed E-state index contributed by atoms with van der Waals surface area (Å²) in [5.74, 6) is 0. The lowest BCUT2D eigenvalue weighted by Crippen LogP contribution is -2.04. The standard InChI is InChI=1S/C11H22O2/c1-2-3-4-5-8-11(13)9-6-7-10-12/h6-7,11-13H,2-5,8-10H2,1H3. The van der Waals surface area contributed by atoms with E-state index in [-0.39, 0.29) is 12.7 Å². The van der Waals surface area contributed by atoms with Crippen LogP contribution in [0.5, 0.6) is 0 Å². The number of rotatable bonds is 8. The minimum atomic E-state index is -0.223. The molecule has 0 aliphatic rings. The van der Waals surface area contributed by atoms with Gasteiger partial charge in [-0.1, -0.05) is 44.8 Å². The topological polar surface area (TPSA) is 40.5 Å². The van der Waals surface area contributed by atoms with Gasteiger partial charge in [-0.3, -0.25) is 0 Å². The fourth-order valence-electron chi connectivity index (χ4n) is 1.25. The van der Waals surface area contributed by atoms with Crippen molar-refractivity contribution in [3.63, 3.8) is 0 Å². The van der Waals surface area contributed by atoms with E-state index >= 15 is 0 Å². The van der Waals surface area contributed by atoms with Crippen LogP contribution in [0.1, 0.15) is 45.4 Å². The van der Waals surface area contributed by atoms with E-state index in [9.17, 15) is 5.11 Å². The van der Waals surface area contributed by atoms with Gasteiger partial charge in [-0.2, -0.15) is 0 Å². The van der Waals surface area contributed by atoms with Crippen LogP contribution in [0.15, 0.2) is 12.2 Å². The summed E-state index contributed by atoms with van der Waals surface area (Å²) in [5, 5.41) is 17.9. The van der Waals surface area contributed by atoms with Gasteiger partial charge in [0.15, 0.2) is 0 Å². The van der Waals surface area contributed by atoms with Crippen LogP contribution in [-0.2, 0) is 0 Å². The average Bonchev–Trinajstić information content (AvgIpc) is 2.13. The Balaban J connectivity index is 3.19. The normalized spacial score (nSPS) is 13.8. The number of aliphatic hydroxyl groups excluding tert-OH is 2. The first-order chi connectivity index (χ1) is 6.31. The summed E-state index contributed by atoms with van der Waals surface area (Å²) in [5.41, 5.74) is 0. The van der Waals surface area contributed by atoms with Crippen LogP contribution in [0.3, 0.4) is 0 Å². The van der Waals surface area contributed by atoms with Crippen LogP contribution in [0.25, 0.3) is 0 Å². The lowest BCUT2D eigenvalue weighted by atomic mass is 10.1. The third-order valence-electron chi connectivity index (χ3n) is 2.07. The van der Waals surface area contributed by atoms with Gasteiger partial charge in [-0.25, -0.2) is 0 Å². The van der Waals surface area contributed by atoms with Crippen LogP contribution < -0.4 is 0 Å². The lowest BCUT2D eigenvalue weighted by Gasteiger charge is -2.06. The summed E-state index contributed by atoms with van der Waals surface area (Å²) < 4.78 is 0. The van der Waals surface area contributed by atoms with E-state index < -0.39 is 0 Å². The quantitative estimate of drug-likeness (QED) is 0.451. The molecule has 0 aromatic carbocycles. The predicted octanol–water partition coefficient (Wildman–Crippen LogP) is 2.26. The Morgan fingerprint density at radius 2 is 1.92 bits per heavy atom. The molecule has 0 heterocycles. The van der Waals surface area contributed by atoms with Crippen molar-refractivity contribution in [3.8, 4) is 0 Å². The van der Waals surface area contributed by atoms with E-state index in [4.69, 9.17) is 5.11 Å². The SMILES string of the molecule is CCCCCCC(O)CC=CCO. The molecule has 1 atom stereocenters. The van der Waals surface area contributed by atoms with Crippen molar-refractivity contribution < 1.29 is 10.2 Å². The Hall–Kier alpha value is -0.340. The molecule has 2 heteroatoms. The fraction of sp³-hybridized carbons (Fsp3) is 0.818. The van der Waals surface area contributed by atoms with E-state index in [1.807, 2.05) is 6.08 Å². The zero-order chi connectivity index (χ0) is 9.94. The zero-order valence-corrected chi connectivity index (χ0v) is 8.58. The van der Waals surface area contributed by atoms with Gasteiger partial charge in [0.05, 0.1) is 12.7 Å². The second-order valence-electron chi connectivity index (χ2n) is 3.39. The van der Waals surface area contributed by atoms with Crippen molar-refractivity contribution in [2.75, 3.05) is 6.61 Å². The number of aliphatic hydroxyl groups is 2. The van der Waals surface area contributed by atoms with Crippen molar-refractivity contribution in [2.45, 2.75) is 51.6 Å². The molecule has 0 aromatic heterocycles. The Labute approximate surface area is 81.3 Å². The van der Waals surface area contributed by atoms with E-state index in [0.29, 0.717) is 6.42 Å². The summed E-state index contributed by atoms with van der Waals surface area (Å²) in [6, 6.07) is 0. The van der Waals surface area contributed by atoms with Crippen molar-refractivity contribution in [2.24, 2.45) is 0 Å². The molecule has 0 rings (SSSR count). The maximum absolute atomic E-state index is 9.44. The molecule has 13 heavy (non-hydrogen) atoms. The molecule has 78 valence electrons. The van der Waals surface area contributed by atoms with Crippen LogP contribution >= 0.6 is 0 Å². The van der Waals surface area contributed by atoms with Gasteiger partial charge in [0, 0.05) is 0 Å². The number of unbranched alkanes of at least 4 members (excludes halogenated alkanes) is 3. The van der Waals surface area contributed by atoms with Crippen LogP contribution in [-0.4, -0.2) is 22.9 Å². The molecule has 0 radical (unpaired) electrons. The van der Waals surface area contributed by atoms with Gasteiger partial charge < -0.3 is 10.2 Å². The summed E-state index contributed by atoms with van der Waals surface area (Å²) >= 11 is 0. The van der Waals surface area contributed by atoms with E-state index in [0.717, 1.165) is 12.8 Å². The lowest BCUT2D eigenvalue weighted by molar-refractivity contribution is 0.163. The first kappa shape index (κ1) is 12.7. The zero-order valence-electron chi connectivity index (χ0n) is 8.58. The number of hydrogen-bond donors (Lipinski definition) is 2. The minimum Gasteiger partial charge on any atom is -0.393 e. The van der Waals surface area contributed by atoms with Crippen LogP contribution in [0, 0.1) is 0 Å². The molecule has 0 amide bonds. The molecule has 0 aromatic rings. The van der Waals surface area contributed by atoms with Crippen molar-refractivity contribution in [3.05, 3.63) is 12.2 Å². The second-order valence-corrected chi connectivity index (χ2v) is 3.39. The first-order valence-corrected chi connectivity index (χ1v) is 5.25. The van der Waals surface area contributed by atoms with Crippen LogP contribution in [0.2, 0.25) is 0 Å². The minimum absolute atomic E-state index is 0.0720. The largest absolute Gasteiger partial charge is 0.393 e. The van der Waals surface area contributed by atoms with E-state index in [1.165, 1.54) is 19.3 Å². The van der Waals surface area contributed by atoms with Crippen molar-refractivity contribution in [1.82, 2.24) is 0 Å². The molecule has 0 saturated carbocycles. The summed E-state index contributed by atoms with van der Waals surface area (Å²) in [6.45, 7) is 2.25. The van der Waals surface area contributed by atoms with E-state index in [1.54, 1.807) is 6.08 Å². The highest BCUT2D eigenvalue weighted by Crippen LogP contribution is 2.07. The fourth-order valence-corrected chi connectivity index (χ4v) is 1.25. The number of hydrogen-bond acceptors (Lipinski definition) is 2. The molecule has 0 bridgehead atoms. The molecule has 0 fully saturated rings. The average molecular weight is 186 g/mol. The molecule has 2 nitrogen and oxygen atoms in total. The van der Waals surface area contributed by atoms with Crippen molar-refractivity contribution >= 4 is 0 Å². The van der Waals surface area contributed by atoms with Gasteiger partial charge in [-0.05, 0) is 12.8 Å². The molecule has 1 unspecified atom stereocenters. The maximum Gasteiger partial charge on any atom is 0.0612 e. The monoisotopic (exact) mass is 186 g/mol. The van der Waals surface area contributed by atoms with Crippen LogP contribution in [0.4, 0.5) is 0 Å². The Morgan fingerprint density at radius 3 is 2.54 bits per heavy atom. The molecule has 0 aliphatic carbocycles. The van der Waals surface area contributed by atoms with Gasteiger partial charge in [0.1, 0.15) is 0 Å². The Kier molecular flexibility index (Phi) is 9.49. The maximum atomic E-state index is 9.44. The highest BCUT2D eigenvalue weighted by atomic mass is 16.3. The third kappa shape index (κ3) is 9.57. The third-order valence-corrected chi connectivity index (χ3v) is 2.07. The predicted molar refractivity (Wildman–Crippen MR) is 55.6 cm³/mol. The molecule has 0 spiro atoms. The van der Waals surface area contributed by atoms with Gasteiger partial charge in [-0.15, -0.1) is 0 Å². The Bertz CT molecular complexity index is 121. The Morgan fingerprint density at radius 1 is 1.15 bits per heavy atom. The summed E-state index contributed by atoms with van der Waals surface area (Å²) in [4.78, 5) is 0. The second kappa shape index (κ2) is 9.75. The molecular weight excluding hydrogens is 164 g/mol. The molecular formula is C11H22O2. The molecule has 2 N–H and O–H groups in total. The van der Waals surface area contributed by atoms with Gasteiger partial charge in [0.25, 0.3) is 0 Å². The smallest absolute Gasteiger partial charge is 0.0612 e. The van der Waals surface area contributed by atoms with E-state index in [2.05, 4.69) is 6.92 Å². The summed E-state index contributed by atoms with van der Waals surface area (Å²) in [6.07, 6.45) is 9.68. The first-order valence-electron chi connectivity index (χ1n) is 5.25. The van der Waals surface area contributed by atoms with Crippen molar-refractivity contribution in [1.29, 1.82) is 0 Å². The molecule has 0 aliphatic heterocycles. The highest BCUT2D eigenvalue weighted by molar-refractivity contribution is 4.83. The molecule has 0 saturated heterocycles. The summed E-state index contributed by atoms with van der Waals surface area (Å²) in [7, 11) is 0.